The summed E-state index contributed by atoms with van der Waals surface area (Å²) in [5.41, 5.74) is 2.04. The fraction of sp³-hybridized carbons (Fsp3) is 0.0769. The van der Waals surface area contributed by atoms with Crippen LogP contribution in [-0.4, -0.2) is 4.92 Å². The third kappa shape index (κ3) is 3.21. The number of hydrogen-bond acceptors (Lipinski definition) is 3. The topological polar surface area (TPSA) is 55.2 Å². The lowest BCUT2D eigenvalue weighted by Gasteiger charge is -2.06. The summed E-state index contributed by atoms with van der Waals surface area (Å²) in [4.78, 5) is 10.1. The first-order chi connectivity index (χ1) is 8.65. The van der Waals surface area contributed by atoms with Gasteiger partial charge in [0.15, 0.2) is 0 Å². The molecule has 0 heterocycles. The number of nitro groups is 1. The van der Waals surface area contributed by atoms with Crippen molar-refractivity contribution in [2.45, 2.75) is 6.54 Å². The minimum Gasteiger partial charge on any atom is -0.381 e. The molecule has 0 spiro atoms. The highest BCUT2D eigenvalue weighted by molar-refractivity contribution is 6.30. The molecule has 18 heavy (non-hydrogen) atoms. The molecule has 0 fully saturated rings. The average molecular weight is 263 g/mol. The van der Waals surface area contributed by atoms with Crippen molar-refractivity contribution in [2.24, 2.45) is 0 Å². The van der Waals surface area contributed by atoms with Gasteiger partial charge in [0.1, 0.15) is 0 Å². The standard InChI is InChI=1S/C13H11ClN2O2/c14-11-3-5-12(6-4-11)15-9-10-1-7-13(8-2-10)16(17)18/h1-8,15H,9H2. The maximum absolute atomic E-state index is 10.5. The Morgan fingerprint density at radius 2 is 1.67 bits per heavy atom. The van der Waals surface area contributed by atoms with Crippen LogP contribution in [0.2, 0.25) is 5.02 Å². The van der Waals surface area contributed by atoms with Crippen LogP contribution in [0.1, 0.15) is 5.56 Å². The number of non-ortho nitro benzene ring substituents is 1. The molecule has 0 aliphatic heterocycles. The van der Waals surface area contributed by atoms with Crippen molar-refractivity contribution in [1.29, 1.82) is 0 Å². The molecule has 0 amide bonds. The van der Waals surface area contributed by atoms with E-state index in [1.807, 2.05) is 12.1 Å². The Morgan fingerprint density at radius 3 is 2.22 bits per heavy atom. The van der Waals surface area contributed by atoms with Crippen LogP contribution >= 0.6 is 11.6 Å². The summed E-state index contributed by atoms with van der Waals surface area (Å²) in [5.74, 6) is 0. The molecule has 0 radical (unpaired) electrons. The molecule has 0 saturated heterocycles. The van der Waals surface area contributed by atoms with Crippen molar-refractivity contribution in [2.75, 3.05) is 5.32 Å². The van der Waals surface area contributed by atoms with E-state index in [4.69, 9.17) is 11.6 Å². The predicted molar refractivity (Wildman–Crippen MR) is 71.9 cm³/mol. The van der Waals surface area contributed by atoms with E-state index in [1.54, 1.807) is 24.3 Å². The van der Waals surface area contributed by atoms with Gasteiger partial charge in [-0.05, 0) is 29.8 Å². The van der Waals surface area contributed by atoms with E-state index in [-0.39, 0.29) is 5.69 Å². The van der Waals surface area contributed by atoms with E-state index in [0.717, 1.165) is 11.3 Å². The highest BCUT2D eigenvalue weighted by atomic mass is 35.5. The van der Waals surface area contributed by atoms with Gasteiger partial charge < -0.3 is 5.32 Å². The van der Waals surface area contributed by atoms with Crippen LogP contribution in [0.3, 0.4) is 0 Å². The van der Waals surface area contributed by atoms with Crippen LogP contribution in [0.5, 0.6) is 0 Å². The number of nitro benzene ring substituents is 1. The quantitative estimate of drug-likeness (QED) is 0.672. The smallest absolute Gasteiger partial charge is 0.269 e. The van der Waals surface area contributed by atoms with Crippen LogP contribution in [0.4, 0.5) is 11.4 Å². The van der Waals surface area contributed by atoms with E-state index >= 15 is 0 Å². The molecule has 0 aliphatic rings. The minimum absolute atomic E-state index is 0.102. The van der Waals surface area contributed by atoms with Crippen LogP contribution < -0.4 is 5.32 Å². The molecular weight excluding hydrogens is 252 g/mol. The Balaban J connectivity index is 1.97. The third-order valence-electron chi connectivity index (χ3n) is 2.49. The lowest BCUT2D eigenvalue weighted by atomic mass is 10.2. The van der Waals surface area contributed by atoms with Crippen molar-refractivity contribution < 1.29 is 4.92 Å². The van der Waals surface area contributed by atoms with Crippen molar-refractivity contribution in [3.05, 3.63) is 69.2 Å². The molecular formula is C13H11ClN2O2. The molecule has 0 saturated carbocycles. The molecule has 92 valence electrons. The Morgan fingerprint density at radius 1 is 1.06 bits per heavy atom. The summed E-state index contributed by atoms with van der Waals surface area (Å²) in [7, 11) is 0. The number of nitrogens with one attached hydrogen (secondary N) is 1. The lowest BCUT2D eigenvalue weighted by Crippen LogP contribution is -1.99. The fourth-order valence-electron chi connectivity index (χ4n) is 1.51. The lowest BCUT2D eigenvalue weighted by molar-refractivity contribution is -0.384. The second-order valence-electron chi connectivity index (χ2n) is 3.78. The zero-order chi connectivity index (χ0) is 13.0. The van der Waals surface area contributed by atoms with Gasteiger partial charge in [-0.15, -0.1) is 0 Å². The number of anilines is 1. The molecule has 1 N–H and O–H groups in total. The van der Waals surface area contributed by atoms with Crippen molar-refractivity contribution in [3.8, 4) is 0 Å². The van der Waals surface area contributed by atoms with Gasteiger partial charge in [0, 0.05) is 29.4 Å². The van der Waals surface area contributed by atoms with Gasteiger partial charge in [-0.1, -0.05) is 23.7 Å². The number of benzene rings is 2. The van der Waals surface area contributed by atoms with Gasteiger partial charge in [-0.2, -0.15) is 0 Å². The average Bonchev–Trinajstić information content (AvgIpc) is 2.38. The Kier molecular flexibility index (Phi) is 3.79. The van der Waals surface area contributed by atoms with Crippen LogP contribution in [0.15, 0.2) is 48.5 Å². The first-order valence-electron chi connectivity index (χ1n) is 5.38. The first kappa shape index (κ1) is 12.4. The summed E-state index contributed by atoms with van der Waals surface area (Å²) >= 11 is 5.78. The summed E-state index contributed by atoms with van der Waals surface area (Å²) in [6, 6.07) is 13.8. The molecule has 0 unspecified atom stereocenters. The Hall–Kier alpha value is -2.07. The summed E-state index contributed by atoms with van der Waals surface area (Å²) in [6.07, 6.45) is 0. The summed E-state index contributed by atoms with van der Waals surface area (Å²) in [6.45, 7) is 0.611. The largest absolute Gasteiger partial charge is 0.381 e. The number of hydrogen-bond donors (Lipinski definition) is 1. The van der Waals surface area contributed by atoms with Gasteiger partial charge in [-0.25, -0.2) is 0 Å². The molecule has 4 nitrogen and oxygen atoms in total. The second kappa shape index (κ2) is 5.51. The molecule has 2 aromatic carbocycles. The molecule has 0 atom stereocenters. The molecule has 2 aromatic rings. The number of halogens is 1. The fourth-order valence-corrected chi connectivity index (χ4v) is 1.63. The molecule has 5 heteroatoms. The summed E-state index contributed by atoms with van der Waals surface area (Å²) < 4.78 is 0. The SMILES string of the molecule is O=[N+]([O-])c1ccc(CNc2ccc(Cl)cc2)cc1. The van der Waals surface area contributed by atoms with E-state index in [0.29, 0.717) is 11.6 Å². The van der Waals surface area contributed by atoms with Crippen molar-refractivity contribution in [3.63, 3.8) is 0 Å². The zero-order valence-corrected chi connectivity index (χ0v) is 10.2. The summed E-state index contributed by atoms with van der Waals surface area (Å²) in [5, 5.41) is 14.4. The van der Waals surface area contributed by atoms with Crippen molar-refractivity contribution in [1.82, 2.24) is 0 Å². The Labute approximate surface area is 109 Å². The highest BCUT2D eigenvalue weighted by Gasteiger charge is 2.03. The van der Waals surface area contributed by atoms with Crippen LogP contribution in [-0.2, 0) is 6.54 Å². The Bertz CT molecular complexity index is 538. The molecule has 0 bridgehead atoms. The molecule has 0 aliphatic carbocycles. The van der Waals surface area contributed by atoms with E-state index < -0.39 is 4.92 Å². The van der Waals surface area contributed by atoms with Gasteiger partial charge in [0.05, 0.1) is 4.92 Å². The highest BCUT2D eigenvalue weighted by Crippen LogP contribution is 2.16. The van der Waals surface area contributed by atoms with E-state index in [1.165, 1.54) is 12.1 Å². The van der Waals surface area contributed by atoms with E-state index in [9.17, 15) is 10.1 Å². The van der Waals surface area contributed by atoms with Crippen molar-refractivity contribution >= 4 is 23.0 Å². The van der Waals surface area contributed by atoms with Gasteiger partial charge in [0.25, 0.3) is 5.69 Å². The number of nitrogens with zero attached hydrogens (tertiary/aromatic N) is 1. The maximum Gasteiger partial charge on any atom is 0.269 e. The normalized spacial score (nSPS) is 10.1. The first-order valence-corrected chi connectivity index (χ1v) is 5.76. The predicted octanol–water partition coefficient (Wildman–Crippen LogP) is 3.86. The maximum atomic E-state index is 10.5. The molecule has 0 aromatic heterocycles. The number of rotatable bonds is 4. The van der Waals surface area contributed by atoms with Crippen LogP contribution in [0.25, 0.3) is 0 Å². The van der Waals surface area contributed by atoms with Gasteiger partial charge in [0.2, 0.25) is 0 Å². The molecule has 2 rings (SSSR count). The van der Waals surface area contributed by atoms with E-state index in [2.05, 4.69) is 5.32 Å². The van der Waals surface area contributed by atoms with Gasteiger partial charge >= 0.3 is 0 Å². The minimum atomic E-state index is -0.406. The van der Waals surface area contributed by atoms with Crippen LogP contribution in [0, 0.1) is 10.1 Å². The second-order valence-corrected chi connectivity index (χ2v) is 4.22. The van der Waals surface area contributed by atoms with Gasteiger partial charge in [-0.3, -0.25) is 10.1 Å². The third-order valence-corrected chi connectivity index (χ3v) is 2.74. The zero-order valence-electron chi connectivity index (χ0n) is 9.47. The monoisotopic (exact) mass is 262 g/mol.